The van der Waals surface area contributed by atoms with Crippen molar-refractivity contribution in [3.8, 4) is 17.2 Å². The predicted octanol–water partition coefficient (Wildman–Crippen LogP) is 3.76. The third-order valence-electron chi connectivity index (χ3n) is 4.03. The summed E-state index contributed by atoms with van der Waals surface area (Å²) in [6.07, 6.45) is 2.52. The van der Waals surface area contributed by atoms with Gasteiger partial charge in [-0.1, -0.05) is 25.4 Å². The molecule has 0 fully saturated rings. The van der Waals surface area contributed by atoms with Gasteiger partial charge in [0.2, 0.25) is 5.75 Å². The number of hydrogen-bond acceptors (Lipinski definition) is 5. The molecule has 1 aromatic rings. The molecule has 2 rings (SSSR count). The molecular formula is C19H24ClNO5. The first-order valence-corrected chi connectivity index (χ1v) is 8.72. The zero-order valence-corrected chi connectivity index (χ0v) is 16.5. The van der Waals surface area contributed by atoms with Crippen molar-refractivity contribution < 1.29 is 23.8 Å². The highest BCUT2D eigenvalue weighted by Gasteiger charge is 2.29. The fourth-order valence-electron chi connectivity index (χ4n) is 3.01. The van der Waals surface area contributed by atoms with E-state index < -0.39 is 5.91 Å². The lowest BCUT2D eigenvalue weighted by atomic mass is 9.79. The SMILES string of the molecule is CCOc1c(OC)cc(C(=O)NC2=CC(=O)CC(C)(C)C2)c(Cl)c1OC. The van der Waals surface area contributed by atoms with Crippen molar-refractivity contribution in [3.63, 3.8) is 0 Å². The van der Waals surface area contributed by atoms with Crippen LogP contribution in [0.2, 0.25) is 5.02 Å². The quantitative estimate of drug-likeness (QED) is 0.812. The first-order chi connectivity index (χ1) is 12.2. The van der Waals surface area contributed by atoms with Crippen LogP contribution in [0.1, 0.15) is 44.0 Å². The standard InChI is InChI=1S/C19H24ClNO5/c1-6-26-16-14(24-4)8-13(15(20)17(16)25-5)18(23)21-11-7-12(22)10-19(2,3)9-11/h7-8H,6,9-10H2,1-5H3,(H,21,23). The van der Waals surface area contributed by atoms with Crippen LogP contribution in [0.5, 0.6) is 17.2 Å². The van der Waals surface area contributed by atoms with Gasteiger partial charge in [-0.15, -0.1) is 0 Å². The van der Waals surface area contributed by atoms with Gasteiger partial charge < -0.3 is 19.5 Å². The number of ketones is 1. The van der Waals surface area contributed by atoms with Gasteiger partial charge in [-0.3, -0.25) is 9.59 Å². The van der Waals surface area contributed by atoms with Crippen LogP contribution in [-0.4, -0.2) is 32.5 Å². The Morgan fingerprint density at radius 1 is 1.23 bits per heavy atom. The molecule has 0 spiro atoms. The lowest BCUT2D eigenvalue weighted by molar-refractivity contribution is -0.117. The van der Waals surface area contributed by atoms with E-state index >= 15 is 0 Å². The summed E-state index contributed by atoms with van der Waals surface area (Å²) < 4.78 is 16.2. The molecule has 7 heteroatoms. The van der Waals surface area contributed by atoms with E-state index in [9.17, 15) is 9.59 Å². The van der Waals surface area contributed by atoms with Crippen LogP contribution in [0.25, 0.3) is 0 Å². The van der Waals surface area contributed by atoms with Gasteiger partial charge in [0, 0.05) is 18.2 Å². The number of carbonyl (C=O) groups excluding carboxylic acids is 2. The maximum absolute atomic E-state index is 12.8. The summed E-state index contributed by atoms with van der Waals surface area (Å²) >= 11 is 6.37. The van der Waals surface area contributed by atoms with E-state index in [1.54, 1.807) is 0 Å². The van der Waals surface area contributed by atoms with E-state index in [1.165, 1.54) is 26.4 Å². The van der Waals surface area contributed by atoms with Crippen LogP contribution in [0.15, 0.2) is 17.8 Å². The monoisotopic (exact) mass is 381 g/mol. The number of hydrogen-bond donors (Lipinski definition) is 1. The van der Waals surface area contributed by atoms with Gasteiger partial charge in [-0.2, -0.15) is 0 Å². The van der Waals surface area contributed by atoms with Gasteiger partial charge in [0.05, 0.1) is 31.4 Å². The molecule has 0 saturated heterocycles. The molecule has 1 aliphatic rings. The van der Waals surface area contributed by atoms with Gasteiger partial charge in [0.1, 0.15) is 0 Å². The first kappa shape index (κ1) is 20.1. The summed E-state index contributed by atoms with van der Waals surface area (Å²) in [7, 11) is 2.91. The third kappa shape index (κ3) is 4.30. The predicted molar refractivity (Wildman–Crippen MR) is 99.3 cm³/mol. The van der Waals surface area contributed by atoms with Crippen LogP contribution in [0.3, 0.4) is 0 Å². The van der Waals surface area contributed by atoms with Gasteiger partial charge in [-0.25, -0.2) is 0 Å². The molecule has 26 heavy (non-hydrogen) atoms. The van der Waals surface area contributed by atoms with Crippen molar-refractivity contribution in [2.45, 2.75) is 33.6 Å². The summed E-state index contributed by atoms with van der Waals surface area (Å²) in [5.41, 5.74) is 0.548. The van der Waals surface area contributed by atoms with Gasteiger partial charge >= 0.3 is 0 Å². The molecule has 0 heterocycles. The number of benzene rings is 1. The van der Waals surface area contributed by atoms with E-state index in [2.05, 4.69) is 5.32 Å². The van der Waals surface area contributed by atoms with Gasteiger partial charge in [-0.05, 0) is 24.8 Å². The minimum absolute atomic E-state index is 0.00972. The van der Waals surface area contributed by atoms with Crippen molar-refractivity contribution in [2.75, 3.05) is 20.8 Å². The number of methoxy groups -OCH3 is 2. The minimum Gasteiger partial charge on any atom is -0.493 e. The fourth-order valence-corrected chi connectivity index (χ4v) is 3.32. The van der Waals surface area contributed by atoms with Gasteiger partial charge in [0.15, 0.2) is 17.3 Å². The van der Waals surface area contributed by atoms with Crippen molar-refractivity contribution in [3.05, 3.63) is 28.4 Å². The van der Waals surface area contributed by atoms with E-state index in [1.807, 2.05) is 20.8 Å². The number of rotatable bonds is 6. The minimum atomic E-state index is -0.439. The van der Waals surface area contributed by atoms with E-state index in [0.29, 0.717) is 36.6 Å². The largest absolute Gasteiger partial charge is 0.493 e. The Bertz CT molecular complexity index is 755. The van der Waals surface area contributed by atoms with Crippen LogP contribution in [0, 0.1) is 5.41 Å². The van der Waals surface area contributed by atoms with Crippen molar-refractivity contribution in [2.24, 2.45) is 5.41 Å². The number of amides is 1. The lowest BCUT2D eigenvalue weighted by Crippen LogP contribution is -2.31. The molecule has 0 bridgehead atoms. The van der Waals surface area contributed by atoms with Crippen LogP contribution in [-0.2, 0) is 4.79 Å². The summed E-state index contributed by atoms with van der Waals surface area (Å²) in [5, 5.41) is 2.90. The number of nitrogens with one attached hydrogen (secondary N) is 1. The van der Waals surface area contributed by atoms with Crippen molar-refractivity contribution in [1.29, 1.82) is 0 Å². The average Bonchev–Trinajstić information content (AvgIpc) is 2.53. The number of carbonyl (C=O) groups is 2. The second-order valence-electron chi connectivity index (χ2n) is 6.84. The Kier molecular flexibility index (Phi) is 6.18. The Balaban J connectivity index is 2.39. The lowest BCUT2D eigenvalue weighted by Gasteiger charge is -2.29. The zero-order chi connectivity index (χ0) is 19.5. The molecule has 0 radical (unpaired) electrons. The molecule has 0 saturated carbocycles. The summed E-state index contributed by atoms with van der Waals surface area (Å²) in [6.45, 7) is 6.18. The summed E-state index contributed by atoms with van der Waals surface area (Å²) in [5.74, 6) is 0.461. The van der Waals surface area contributed by atoms with E-state index in [0.717, 1.165) is 0 Å². The molecule has 0 unspecified atom stereocenters. The van der Waals surface area contributed by atoms with Crippen molar-refractivity contribution >= 4 is 23.3 Å². The number of halogens is 1. The smallest absolute Gasteiger partial charge is 0.257 e. The Hall–Kier alpha value is -2.21. The second-order valence-corrected chi connectivity index (χ2v) is 7.22. The normalized spacial score (nSPS) is 15.9. The molecule has 1 aliphatic carbocycles. The molecule has 1 aromatic carbocycles. The molecule has 1 N–H and O–H groups in total. The molecule has 0 atom stereocenters. The molecule has 0 aromatic heterocycles. The first-order valence-electron chi connectivity index (χ1n) is 8.34. The Morgan fingerprint density at radius 2 is 1.92 bits per heavy atom. The highest BCUT2D eigenvalue weighted by Crippen LogP contribution is 2.45. The highest BCUT2D eigenvalue weighted by molar-refractivity contribution is 6.35. The average molecular weight is 382 g/mol. The van der Waals surface area contributed by atoms with Crippen LogP contribution >= 0.6 is 11.6 Å². The molecular weight excluding hydrogens is 358 g/mol. The Labute approximate surface area is 158 Å². The topological polar surface area (TPSA) is 73.9 Å². The maximum atomic E-state index is 12.8. The van der Waals surface area contributed by atoms with Crippen LogP contribution in [0.4, 0.5) is 0 Å². The van der Waals surface area contributed by atoms with Crippen molar-refractivity contribution in [1.82, 2.24) is 5.32 Å². The zero-order valence-electron chi connectivity index (χ0n) is 15.7. The molecule has 0 aliphatic heterocycles. The number of ether oxygens (including phenoxy) is 3. The highest BCUT2D eigenvalue weighted by atomic mass is 35.5. The molecule has 142 valence electrons. The third-order valence-corrected chi connectivity index (χ3v) is 4.40. The van der Waals surface area contributed by atoms with E-state index in [4.69, 9.17) is 25.8 Å². The van der Waals surface area contributed by atoms with E-state index in [-0.39, 0.29) is 27.5 Å². The molecule has 1 amide bonds. The van der Waals surface area contributed by atoms with Gasteiger partial charge in [0.25, 0.3) is 5.91 Å². The Morgan fingerprint density at radius 3 is 2.46 bits per heavy atom. The maximum Gasteiger partial charge on any atom is 0.257 e. The van der Waals surface area contributed by atoms with Crippen LogP contribution < -0.4 is 19.5 Å². The molecule has 6 nitrogen and oxygen atoms in total. The summed E-state index contributed by atoms with van der Waals surface area (Å²) in [4.78, 5) is 24.6. The fraction of sp³-hybridized carbons (Fsp3) is 0.474. The number of allylic oxidation sites excluding steroid dienone is 2. The second kappa shape index (κ2) is 7.99. The summed E-state index contributed by atoms with van der Waals surface area (Å²) in [6, 6.07) is 1.50.